The molecule has 0 aliphatic rings. The SMILES string of the molecule is Cc1cccc(C(C)C(C)O)c1. The number of hydrogen-bond donors (Lipinski definition) is 1. The zero-order valence-corrected chi connectivity index (χ0v) is 7.91. The first-order chi connectivity index (χ1) is 5.61. The molecule has 0 spiro atoms. The van der Waals surface area contributed by atoms with Gasteiger partial charge >= 0.3 is 0 Å². The fourth-order valence-corrected chi connectivity index (χ4v) is 1.23. The minimum Gasteiger partial charge on any atom is -0.393 e. The molecule has 66 valence electrons. The molecule has 0 saturated heterocycles. The third-order valence-corrected chi connectivity index (χ3v) is 2.29. The second-order valence-corrected chi connectivity index (χ2v) is 3.44. The van der Waals surface area contributed by atoms with Gasteiger partial charge in [-0.1, -0.05) is 36.8 Å². The van der Waals surface area contributed by atoms with Crippen LogP contribution in [0, 0.1) is 6.92 Å². The van der Waals surface area contributed by atoms with E-state index in [9.17, 15) is 5.11 Å². The zero-order chi connectivity index (χ0) is 9.14. The summed E-state index contributed by atoms with van der Waals surface area (Å²) in [5.74, 6) is 0.227. The van der Waals surface area contributed by atoms with Crippen LogP contribution in [0.1, 0.15) is 30.9 Å². The molecule has 0 fully saturated rings. The van der Waals surface area contributed by atoms with Gasteiger partial charge in [-0.3, -0.25) is 0 Å². The largest absolute Gasteiger partial charge is 0.393 e. The number of rotatable bonds is 2. The van der Waals surface area contributed by atoms with Crippen LogP contribution in [-0.2, 0) is 0 Å². The third kappa shape index (κ3) is 2.08. The fourth-order valence-electron chi connectivity index (χ4n) is 1.23. The zero-order valence-electron chi connectivity index (χ0n) is 7.91. The Hall–Kier alpha value is -0.820. The summed E-state index contributed by atoms with van der Waals surface area (Å²) >= 11 is 0. The summed E-state index contributed by atoms with van der Waals surface area (Å²) in [6.07, 6.45) is -0.271. The molecule has 12 heavy (non-hydrogen) atoms. The Morgan fingerprint density at radius 2 is 1.92 bits per heavy atom. The maximum Gasteiger partial charge on any atom is 0.0577 e. The third-order valence-electron chi connectivity index (χ3n) is 2.29. The van der Waals surface area contributed by atoms with Gasteiger partial charge in [-0.15, -0.1) is 0 Å². The molecular weight excluding hydrogens is 148 g/mol. The summed E-state index contributed by atoms with van der Waals surface area (Å²) in [6.45, 7) is 5.94. The van der Waals surface area contributed by atoms with Crippen molar-refractivity contribution < 1.29 is 5.11 Å². The second kappa shape index (κ2) is 3.72. The van der Waals surface area contributed by atoms with Gasteiger partial charge in [-0.25, -0.2) is 0 Å². The standard InChI is InChI=1S/C11H16O/c1-8-5-4-6-11(7-8)9(2)10(3)12/h4-7,9-10,12H,1-3H3. The molecular formula is C11H16O. The Labute approximate surface area is 74.1 Å². The number of aliphatic hydroxyl groups is 1. The predicted molar refractivity (Wildman–Crippen MR) is 51.3 cm³/mol. The highest BCUT2D eigenvalue weighted by Crippen LogP contribution is 2.19. The molecule has 1 aromatic rings. The van der Waals surface area contributed by atoms with Gasteiger partial charge in [0.2, 0.25) is 0 Å². The van der Waals surface area contributed by atoms with Crippen molar-refractivity contribution in [2.75, 3.05) is 0 Å². The molecule has 1 nitrogen and oxygen atoms in total. The first-order valence-corrected chi connectivity index (χ1v) is 4.36. The quantitative estimate of drug-likeness (QED) is 0.712. The van der Waals surface area contributed by atoms with E-state index in [-0.39, 0.29) is 12.0 Å². The first-order valence-electron chi connectivity index (χ1n) is 4.36. The Morgan fingerprint density at radius 3 is 2.42 bits per heavy atom. The molecule has 1 aromatic carbocycles. The highest BCUT2D eigenvalue weighted by molar-refractivity contribution is 5.25. The van der Waals surface area contributed by atoms with Crippen molar-refractivity contribution in [2.45, 2.75) is 32.8 Å². The van der Waals surface area contributed by atoms with Crippen LogP contribution in [0.2, 0.25) is 0 Å². The highest BCUT2D eigenvalue weighted by Gasteiger charge is 2.10. The minimum atomic E-state index is -0.271. The number of hydrogen-bond acceptors (Lipinski definition) is 1. The lowest BCUT2D eigenvalue weighted by molar-refractivity contribution is 0.169. The molecule has 2 atom stereocenters. The maximum absolute atomic E-state index is 9.37. The average molecular weight is 164 g/mol. The number of aryl methyl sites for hydroxylation is 1. The molecule has 0 heterocycles. The van der Waals surface area contributed by atoms with E-state index in [0.29, 0.717) is 0 Å². The Bertz CT molecular complexity index is 253. The van der Waals surface area contributed by atoms with Gasteiger partial charge in [0, 0.05) is 5.92 Å². The number of benzene rings is 1. The molecule has 0 amide bonds. The normalized spacial score (nSPS) is 15.7. The minimum absolute atomic E-state index is 0.227. The van der Waals surface area contributed by atoms with E-state index in [1.54, 1.807) is 0 Å². The van der Waals surface area contributed by atoms with E-state index >= 15 is 0 Å². The van der Waals surface area contributed by atoms with Crippen LogP contribution >= 0.6 is 0 Å². The van der Waals surface area contributed by atoms with Crippen molar-refractivity contribution in [3.05, 3.63) is 35.4 Å². The highest BCUT2D eigenvalue weighted by atomic mass is 16.3. The van der Waals surface area contributed by atoms with Crippen LogP contribution in [0.4, 0.5) is 0 Å². The molecule has 0 aliphatic carbocycles. The van der Waals surface area contributed by atoms with E-state index < -0.39 is 0 Å². The smallest absolute Gasteiger partial charge is 0.0577 e. The van der Waals surface area contributed by atoms with Crippen molar-refractivity contribution in [2.24, 2.45) is 0 Å². The Balaban J connectivity index is 2.88. The van der Waals surface area contributed by atoms with Gasteiger partial charge in [-0.2, -0.15) is 0 Å². The van der Waals surface area contributed by atoms with E-state index in [4.69, 9.17) is 0 Å². The van der Waals surface area contributed by atoms with Crippen LogP contribution in [0.15, 0.2) is 24.3 Å². The molecule has 0 aromatic heterocycles. The van der Waals surface area contributed by atoms with Crippen molar-refractivity contribution in [3.63, 3.8) is 0 Å². The van der Waals surface area contributed by atoms with Crippen LogP contribution in [0.5, 0.6) is 0 Å². The maximum atomic E-state index is 9.37. The van der Waals surface area contributed by atoms with Gasteiger partial charge in [0.05, 0.1) is 6.10 Å². The van der Waals surface area contributed by atoms with E-state index in [0.717, 1.165) is 0 Å². The van der Waals surface area contributed by atoms with Crippen LogP contribution < -0.4 is 0 Å². The van der Waals surface area contributed by atoms with Crippen molar-refractivity contribution in [1.82, 2.24) is 0 Å². The molecule has 0 radical (unpaired) electrons. The van der Waals surface area contributed by atoms with Gasteiger partial charge in [0.15, 0.2) is 0 Å². The summed E-state index contributed by atoms with van der Waals surface area (Å²) in [6, 6.07) is 8.28. The summed E-state index contributed by atoms with van der Waals surface area (Å²) in [5, 5.41) is 9.37. The van der Waals surface area contributed by atoms with Gasteiger partial charge in [0.25, 0.3) is 0 Å². The monoisotopic (exact) mass is 164 g/mol. The topological polar surface area (TPSA) is 20.2 Å². The molecule has 1 heteroatoms. The van der Waals surface area contributed by atoms with Gasteiger partial charge < -0.3 is 5.11 Å². The lowest BCUT2D eigenvalue weighted by Crippen LogP contribution is -2.10. The Morgan fingerprint density at radius 1 is 1.25 bits per heavy atom. The summed E-state index contributed by atoms with van der Waals surface area (Å²) in [5.41, 5.74) is 2.46. The molecule has 2 unspecified atom stereocenters. The summed E-state index contributed by atoms with van der Waals surface area (Å²) in [7, 11) is 0. The molecule has 1 N–H and O–H groups in total. The summed E-state index contributed by atoms with van der Waals surface area (Å²) in [4.78, 5) is 0. The predicted octanol–water partition coefficient (Wildman–Crippen LogP) is 2.48. The number of aliphatic hydroxyl groups excluding tert-OH is 1. The molecule has 0 aliphatic heterocycles. The lowest BCUT2D eigenvalue weighted by Gasteiger charge is -2.15. The first kappa shape index (κ1) is 9.27. The molecule has 0 saturated carbocycles. The van der Waals surface area contributed by atoms with E-state index in [2.05, 4.69) is 25.1 Å². The van der Waals surface area contributed by atoms with Crippen molar-refractivity contribution in [1.29, 1.82) is 0 Å². The molecule has 0 bridgehead atoms. The average Bonchev–Trinajstić information content (AvgIpc) is 2.03. The van der Waals surface area contributed by atoms with E-state index in [1.165, 1.54) is 11.1 Å². The second-order valence-electron chi connectivity index (χ2n) is 3.44. The molecule has 1 rings (SSSR count). The van der Waals surface area contributed by atoms with E-state index in [1.807, 2.05) is 19.9 Å². The van der Waals surface area contributed by atoms with Crippen LogP contribution in [0.25, 0.3) is 0 Å². The lowest BCUT2D eigenvalue weighted by atomic mass is 9.95. The van der Waals surface area contributed by atoms with Crippen LogP contribution in [-0.4, -0.2) is 11.2 Å². The Kier molecular flexibility index (Phi) is 2.88. The van der Waals surface area contributed by atoms with Gasteiger partial charge in [0.1, 0.15) is 0 Å². The summed E-state index contributed by atoms with van der Waals surface area (Å²) < 4.78 is 0. The van der Waals surface area contributed by atoms with Gasteiger partial charge in [-0.05, 0) is 19.4 Å². The fraction of sp³-hybridized carbons (Fsp3) is 0.455. The van der Waals surface area contributed by atoms with Crippen molar-refractivity contribution >= 4 is 0 Å². The van der Waals surface area contributed by atoms with Crippen LogP contribution in [0.3, 0.4) is 0 Å². The van der Waals surface area contributed by atoms with Crippen molar-refractivity contribution in [3.8, 4) is 0 Å².